The summed E-state index contributed by atoms with van der Waals surface area (Å²) in [5.74, 6) is 0.586. The van der Waals surface area contributed by atoms with E-state index in [0.717, 1.165) is 27.8 Å². The van der Waals surface area contributed by atoms with Crippen molar-refractivity contribution < 1.29 is 14.6 Å². The van der Waals surface area contributed by atoms with Crippen LogP contribution in [0.5, 0.6) is 5.75 Å². The summed E-state index contributed by atoms with van der Waals surface area (Å²) < 4.78 is 5.76. The van der Waals surface area contributed by atoms with Crippen molar-refractivity contribution in [1.82, 2.24) is 9.88 Å². The molecule has 0 spiro atoms. The van der Waals surface area contributed by atoms with E-state index in [1.54, 1.807) is 23.2 Å². The number of hydrogen-bond acceptors (Lipinski definition) is 4. The number of amides is 1. The molecule has 0 saturated heterocycles. The number of aliphatic hydroxyl groups is 1. The van der Waals surface area contributed by atoms with Crippen LogP contribution in [-0.2, 0) is 13.2 Å². The molecular weight excluding hydrogens is 352 g/mol. The van der Waals surface area contributed by atoms with Crippen LogP contribution in [0.15, 0.2) is 48.7 Å². The van der Waals surface area contributed by atoms with Crippen LogP contribution in [0.4, 0.5) is 0 Å². The van der Waals surface area contributed by atoms with Gasteiger partial charge >= 0.3 is 0 Å². The highest BCUT2D eigenvalue weighted by molar-refractivity contribution is 6.35. The number of nitrogens with zero attached hydrogens (tertiary/aromatic N) is 2. The molecule has 2 aromatic carbocycles. The third-order valence-corrected chi connectivity index (χ3v) is 4.84. The smallest absolute Gasteiger partial charge is 0.256 e. The molecule has 1 aliphatic heterocycles. The maximum Gasteiger partial charge on any atom is 0.256 e. The number of fused-ring (bicyclic) bond motifs is 2. The first kappa shape index (κ1) is 16.8. The molecule has 1 N–H and O–H groups in total. The Morgan fingerprint density at radius 1 is 1.27 bits per heavy atom. The van der Waals surface area contributed by atoms with Crippen molar-refractivity contribution in [1.29, 1.82) is 0 Å². The number of benzene rings is 2. The van der Waals surface area contributed by atoms with E-state index in [-0.39, 0.29) is 12.5 Å². The van der Waals surface area contributed by atoms with Crippen molar-refractivity contribution >= 4 is 28.4 Å². The van der Waals surface area contributed by atoms with Gasteiger partial charge in [-0.2, -0.15) is 0 Å². The maximum atomic E-state index is 13.3. The lowest BCUT2D eigenvalue weighted by molar-refractivity contribution is 0.0735. The normalized spacial score (nSPS) is 13.8. The molecule has 132 valence electrons. The summed E-state index contributed by atoms with van der Waals surface area (Å²) >= 11 is 6.37. The Labute approximate surface area is 155 Å². The van der Waals surface area contributed by atoms with Gasteiger partial charge in [0.25, 0.3) is 5.91 Å². The second-order valence-electron chi connectivity index (χ2n) is 6.17. The van der Waals surface area contributed by atoms with E-state index in [4.69, 9.17) is 16.3 Å². The minimum atomic E-state index is -0.153. The molecule has 4 rings (SSSR count). The quantitative estimate of drug-likeness (QED) is 0.753. The van der Waals surface area contributed by atoms with Gasteiger partial charge in [-0.3, -0.25) is 9.78 Å². The topological polar surface area (TPSA) is 62.7 Å². The van der Waals surface area contributed by atoms with E-state index >= 15 is 0 Å². The number of halogens is 1. The van der Waals surface area contributed by atoms with Crippen LogP contribution >= 0.6 is 11.6 Å². The van der Waals surface area contributed by atoms with Crippen LogP contribution in [-0.4, -0.2) is 34.0 Å². The molecule has 0 radical (unpaired) electrons. The average molecular weight is 369 g/mol. The van der Waals surface area contributed by atoms with Crippen LogP contribution in [0.2, 0.25) is 5.02 Å². The van der Waals surface area contributed by atoms with Crippen LogP contribution < -0.4 is 4.74 Å². The van der Waals surface area contributed by atoms with E-state index in [0.29, 0.717) is 30.3 Å². The molecule has 1 aliphatic rings. The molecule has 26 heavy (non-hydrogen) atoms. The van der Waals surface area contributed by atoms with Gasteiger partial charge in [-0.05, 0) is 35.9 Å². The lowest BCUT2D eigenvalue weighted by atomic mass is 10.1. The first-order chi connectivity index (χ1) is 12.7. The first-order valence-electron chi connectivity index (χ1n) is 8.35. The minimum Gasteiger partial charge on any atom is -0.491 e. The maximum absolute atomic E-state index is 13.3. The fraction of sp³-hybridized carbons (Fsp3) is 0.200. The number of rotatable bonds is 2. The average Bonchev–Trinajstić information content (AvgIpc) is 2.89. The van der Waals surface area contributed by atoms with Crippen LogP contribution in [0.1, 0.15) is 21.5 Å². The predicted octanol–water partition coefficient (Wildman–Crippen LogP) is 3.42. The molecular formula is C20H17ClN2O3. The van der Waals surface area contributed by atoms with E-state index in [1.807, 2.05) is 30.3 Å². The van der Waals surface area contributed by atoms with Crippen molar-refractivity contribution in [3.05, 3.63) is 70.4 Å². The van der Waals surface area contributed by atoms with Gasteiger partial charge in [0.05, 0.1) is 29.3 Å². The summed E-state index contributed by atoms with van der Waals surface area (Å²) in [7, 11) is 0. The Hall–Kier alpha value is -2.63. The Bertz CT molecular complexity index is 990. The third-order valence-electron chi connectivity index (χ3n) is 4.52. The largest absolute Gasteiger partial charge is 0.491 e. The Morgan fingerprint density at radius 2 is 2.15 bits per heavy atom. The highest BCUT2D eigenvalue weighted by Crippen LogP contribution is 2.29. The molecule has 0 saturated carbocycles. The summed E-state index contributed by atoms with van der Waals surface area (Å²) in [4.78, 5) is 19.3. The zero-order valence-electron chi connectivity index (χ0n) is 14.0. The van der Waals surface area contributed by atoms with Crippen LogP contribution in [0.3, 0.4) is 0 Å². The molecule has 1 amide bonds. The number of aliphatic hydroxyl groups excluding tert-OH is 1. The van der Waals surface area contributed by atoms with Crippen molar-refractivity contribution in [2.45, 2.75) is 13.2 Å². The molecule has 6 heteroatoms. The first-order valence-corrected chi connectivity index (χ1v) is 8.73. The summed E-state index contributed by atoms with van der Waals surface area (Å²) in [5, 5.41) is 10.5. The number of carbonyl (C=O) groups is 1. The van der Waals surface area contributed by atoms with Gasteiger partial charge in [-0.25, -0.2) is 0 Å². The standard InChI is InChI=1S/C20H17ClN2O3/c21-16-4-5-17-15(2-1-7-22-17)19(16)20(25)23-8-9-26-18-6-3-13(12-24)10-14(18)11-23/h1-7,10,24H,8-9,11-12H2. The highest BCUT2D eigenvalue weighted by atomic mass is 35.5. The second kappa shape index (κ2) is 6.94. The van der Waals surface area contributed by atoms with Crippen LogP contribution in [0, 0.1) is 0 Å². The fourth-order valence-corrected chi connectivity index (χ4v) is 3.47. The van der Waals surface area contributed by atoms with E-state index in [9.17, 15) is 9.90 Å². The molecule has 0 aliphatic carbocycles. The number of ether oxygens (including phenoxy) is 1. The van der Waals surface area contributed by atoms with Gasteiger partial charge in [-0.1, -0.05) is 23.7 Å². The Kier molecular flexibility index (Phi) is 4.49. The monoisotopic (exact) mass is 368 g/mol. The molecule has 0 unspecified atom stereocenters. The zero-order valence-corrected chi connectivity index (χ0v) is 14.7. The van der Waals surface area contributed by atoms with E-state index in [2.05, 4.69) is 4.98 Å². The van der Waals surface area contributed by atoms with Gasteiger partial charge in [0.2, 0.25) is 0 Å². The minimum absolute atomic E-state index is 0.0535. The summed E-state index contributed by atoms with van der Waals surface area (Å²) in [6.45, 7) is 1.20. The zero-order chi connectivity index (χ0) is 18.1. The SMILES string of the molecule is O=C(c1c(Cl)ccc2ncccc12)N1CCOc2ccc(CO)cc2C1. The third kappa shape index (κ3) is 3.00. The van der Waals surface area contributed by atoms with Gasteiger partial charge in [0, 0.05) is 23.7 Å². The highest BCUT2D eigenvalue weighted by Gasteiger charge is 2.24. The summed E-state index contributed by atoms with van der Waals surface area (Å²) in [5.41, 5.74) is 2.85. The van der Waals surface area contributed by atoms with Gasteiger partial charge in [0.15, 0.2) is 0 Å². The lowest BCUT2D eigenvalue weighted by Gasteiger charge is -2.21. The Morgan fingerprint density at radius 3 is 3.00 bits per heavy atom. The summed E-state index contributed by atoms with van der Waals surface area (Å²) in [6.07, 6.45) is 1.69. The van der Waals surface area contributed by atoms with Crippen molar-refractivity contribution in [3.63, 3.8) is 0 Å². The molecule has 0 fully saturated rings. The van der Waals surface area contributed by atoms with Crippen molar-refractivity contribution in [2.24, 2.45) is 0 Å². The lowest BCUT2D eigenvalue weighted by Crippen LogP contribution is -2.32. The molecule has 0 atom stereocenters. The van der Waals surface area contributed by atoms with Crippen LogP contribution in [0.25, 0.3) is 10.9 Å². The molecule has 0 bridgehead atoms. The van der Waals surface area contributed by atoms with Gasteiger partial charge in [-0.15, -0.1) is 0 Å². The van der Waals surface area contributed by atoms with E-state index < -0.39 is 0 Å². The number of aromatic nitrogens is 1. The Balaban J connectivity index is 1.74. The van der Waals surface area contributed by atoms with Gasteiger partial charge in [0.1, 0.15) is 12.4 Å². The summed E-state index contributed by atoms with van der Waals surface area (Å²) in [6, 6.07) is 12.7. The fourth-order valence-electron chi connectivity index (χ4n) is 3.22. The predicted molar refractivity (Wildman–Crippen MR) is 99.4 cm³/mol. The molecule has 5 nitrogen and oxygen atoms in total. The number of hydrogen-bond donors (Lipinski definition) is 1. The molecule has 3 aromatic rings. The molecule has 1 aromatic heterocycles. The van der Waals surface area contributed by atoms with Crippen molar-refractivity contribution in [2.75, 3.05) is 13.2 Å². The molecule has 2 heterocycles. The van der Waals surface area contributed by atoms with Gasteiger partial charge < -0.3 is 14.7 Å². The van der Waals surface area contributed by atoms with E-state index in [1.165, 1.54) is 0 Å². The number of carbonyl (C=O) groups excluding carboxylic acids is 1. The second-order valence-corrected chi connectivity index (χ2v) is 6.58. The van der Waals surface area contributed by atoms with Crippen molar-refractivity contribution in [3.8, 4) is 5.75 Å². The number of pyridine rings is 1.